The summed E-state index contributed by atoms with van der Waals surface area (Å²) in [5.41, 5.74) is 2.94. The SMILES string of the molecule is CCc1ccc(C(CC2CC2)NN)s1. The van der Waals surface area contributed by atoms with Crippen molar-refractivity contribution in [2.24, 2.45) is 11.8 Å². The molecule has 1 aromatic heterocycles. The number of hydrogen-bond donors (Lipinski definition) is 2. The highest BCUT2D eigenvalue weighted by atomic mass is 32.1. The summed E-state index contributed by atoms with van der Waals surface area (Å²) < 4.78 is 0. The van der Waals surface area contributed by atoms with Gasteiger partial charge in [0, 0.05) is 9.75 Å². The fourth-order valence-corrected chi connectivity index (χ4v) is 2.75. The van der Waals surface area contributed by atoms with Gasteiger partial charge < -0.3 is 0 Å². The summed E-state index contributed by atoms with van der Waals surface area (Å²) in [5, 5.41) is 0. The largest absolute Gasteiger partial charge is 0.271 e. The standard InChI is InChI=1S/C11H18N2S/c1-2-9-5-6-11(14-9)10(13-12)7-8-3-4-8/h5-6,8,10,13H,2-4,7,12H2,1H3. The smallest absolute Gasteiger partial charge is 0.0556 e. The van der Waals surface area contributed by atoms with Crippen LogP contribution < -0.4 is 11.3 Å². The van der Waals surface area contributed by atoms with E-state index in [-0.39, 0.29) is 0 Å². The van der Waals surface area contributed by atoms with Crippen molar-refractivity contribution >= 4 is 11.3 Å². The van der Waals surface area contributed by atoms with E-state index in [0.29, 0.717) is 6.04 Å². The molecule has 3 heteroatoms. The molecule has 78 valence electrons. The van der Waals surface area contributed by atoms with E-state index >= 15 is 0 Å². The number of aryl methyl sites for hydroxylation is 1. The molecule has 1 saturated carbocycles. The summed E-state index contributed by atoms with van der Waals surface area (Å²) in [7, 11) is 0. The van der Waals surface area contributed by atoms with Gasteiger partial charge in [0.2, 0.25) is 0 Å². The van der Waals surface area contributed by atoms with Crippen LogP contribution in [0.15, 0.2) is 12.1 Å². The number of hydrazine groups is 1. The van der Waals surface area contributed by atoms with Crippen molar-refractivity contribution in [2.45, 2.75) is 38.6 Å². The van der Waals surface area contributed by atoms with E-state index in [2.05, 4.69) is 24.5 Å². The predicted octanol–water partition coefficient (Wildman–Crippen LogP) is 2.62. The fraction of sp³-hybridized carbons (Fsp3) is 0.636. The minimum Gasteiger partial charge on any atom is -0.271 e. The third-order valence-electron chi connectivity index (χ3n) is 2.84. The maximum absolute atomic E-state index is 5.59. The third-order valence-corrected chi connectivity index (χ3v) is 4.18. The van der Waals surface area contributed by atoms with Crippen LogP contribution in [0.2, 0.25) is 0 Å². The van der Waals surface area contributed by atoms with Crippen molar-refractivity contribution in [3.8, 4) is 0 Å². The zero-order chi connectivity index (χ0) is 9.97. The summed E-state index contributed by atoms with van der Waals surface area (Å²) >= 11 is 1.89. The van der Waals surface area contributed by atoms with Crippen LogP contribution in [0.3, 0.4) is 0 Å². The lowest BCUT2D eigenvalue weighted by Crippen LogP contribution is -2.27. The minimum absolute atomic E-state index is 0.382. The van der Waals surface area contributed by atoms with Crippen molar-refractivity contribution in [2.75, 3.05) is 0 Å². The van der Waals surface area contributed by atoms with Crippen molar-refractivity contribution in [3.63, 3.8) is 0 Å². The Balaban J connectivity index is 2.01. The molecule has 0 spiro atoms. The average Bonchev–Trinajstić information content (AvgIpc) is 2.90. The second-order valence-corrected chi connectivity index (χ2v) is 5.26. The predicted molar refractivity (Wildman–Crippen MR) is 61.1 cm³/mol. The number of nitrogens with two attached hydrogens (primary N) is 1. The van der Waals surface area contributed by atoms with Crippen LogP contribution in [0.25, 0.3) is 0 Å². The molecule has 3 N–H and O–H groups in total. The summed E-state index contributed by atoms with van der Waals surface area (Å²) in [5.74, 6) is 6.51. The van der Waals surface area contributed by atoms with Crippen molar-refractivity contribution in [1.82, 2.24) is 5.43 Å². The Kier molecular flexibility index (Phi) is 3.21. The lowest BCUT2D eigenvalue weighted by atomic mass is 10.1. The average molecular weight is 210 g/mol. The van der Waals surface area contributed by atoms with Crippen LogP contribution in [-0.2, 0) is 6.42 Å². The lowest BCUT2D eigenvalue weighted by molar-refractivity contribution is 0.494. The second-order valence-electron chi connectivity index (χ2n) is 4.06. The van der Waals surface area contributed by atoms with Gasteiger partial charge in [0.1, 0.15) is 0 Å². The van der Waals surface area contributed by atoms with E-state index in [4.69, 9.17) is 5.84 Å². The van der Waals surface area contributed by atoms with E-state index in [1.165, 1.54) is 29.0 Å². The molecular formula is C11H18N2S. The van der Waals surface area contributed by atoms with Gasteiger partial charge in [-0.2, -0.15) is 0 Å². The summed E-state index contributed by atoms with van der Waals surface area (Å²) in [6.45, 7) is 2.20. The molecule has 0 bridgehead atoms. The topological polar surface area (TPSA) is 38.0 Å². The Morgan fingerprint density at radius 2 is 2.36 bits per heavy atom. The van der Waals surface area contributed by atoms with Gasteiger partial charge >= 0.3 is 0 Å². The second kappa shape index (κ2) is 4.43. The number of nitrogens with one attached hydrogen (secondary N) is 1. The summed E-state index contributed by atoms with van der Waals surface area (Å²) in [6, 6.07) is 4.82. The Morgan fingerprint density at radius 3 is 2.86 bits per heavy atom. The molecule has 1 unspecified atom stereocenters. The molecule has 0 saturated heterocycles. The molecule has 0 aromatic carbocycles. The molecular weight excluding hydrogens is 192 g/mol. The highest BCUT2D eigenvalue weighted by molar-refractivity contribution is 7.12. The van der Waals surface area contributed by atoms with Crippen molar-refractivity contribution < 1.29 is 0 Å². The van der Waals surface area contributed by atoms with E-state index in [9.17, 15) is 0 Å². The first-order valence-corrected chi connectivity index (χ1v) is 6.20. The molecule has 14 heavy (non-hydrogen) atoms. The van der Waals surface area contributed by atoms with Crippen LogP contribution in [0.4, 0.5) is 0 Å². The molecule has 1 heterocycles. The Morgan fingerprint density at radius 1 is 1.57 bits per heavy atom. The minimum atomic E-state index is 0.382. The fourth-order valence-electron chi connectivity index (χ4n) is 1.73. The molecule has 1 atom stereocenters. The van der Waals surface area contributed by atoms with E-state index < -0.39 is 0 Å². The maximum atomic E-state index is 5.59. The highest BCUT2D eigenvalue weighted by Gasteiger charge is 2.26. The van der Waals surface area contributed by atoms with Crippen LogP contribution >= 0.6 is 11.3 Å². The molecule has 1 aliphatic carbocycles. The summed E-state index contributed by atoms with van der Waals surface area (Å²) in [4.78, 5) is 2.85. The molecule has 1 fully saturated rings. The van der Waals surface area contributed by atoms with E-state index in [0.717, 1.165) is 12.3 Å². The molecule has 0 amide bonds. The van der Waals surface area contributed by atoms with Gasteiger partial charge in [0.05, 0.1) is 6.04 Å². The normalized spacial score (nSPS) is 18.4. The Labute approximate surface area is 89.5 Å². The first-order valence-electron chi connectivity index (χ1n) is 5.38. The van der Waals surface area contributed by atoms with Gasteiger partial charge in [-0.3, -0.25) is 11.3 Å². The molecule has 1 aliphatic rings. The van der Waals surface area contributed by atoms with Crippen molar-refractivity contribution in [1.29, 1.82) is 0 Å². The maximum Gasteiger partial charge on any atom is 0.0556 e. The first kappa shape index (κ1) is 10.1. The van der Waals surface area contributed by atoms with Crippen LogP contribution in [0.5, 0.6) is 0 Å². The van der Waals surface area contributed by atoms with Crippen LogP contribution in [0.1, 0.15) is 42.0 Å². The van der Waals surface area contributed by atoms with Gasteiger partial charge in [-0.15, -0.1) is 11.3 Å². The monoisotopic (exact) mass is 210 g/mol. The third kappa shape index (κ3) is 2.35. The molecule has 1 aromatic rings. The van der Waals surface area contributed by atoms with Crippen LogP contribution in [0, 0.1) is 5.92 Å². The Hall–Kier alpha value is -0.380. The number of thiophene rings is 1. The summed E-state index contributed by atoms with van der Waals surface area (Å²) in [6.07, 6.45) is 5.12. The van der Waals surface area contributed by atoms with Gasteiger partial charge in [-0.25, -0.2) is 0 Å². The van der Waals surface area contributed by atoms with Gasteiger partial charge in [0.25, 0.3) is 0 Å². The highest BCUT2D eigenvalue weighted by Crippen LogP contribution is 2.38. The van der Waals surface area contributed by atoms with Crippen LogP contribution in [-0.4, -0.2) is 0 Å². The van der Waals surface area contributed by atoms with Gasteiger partial charge in [0.15, 0.2) is 0 Å². The molecule has 0 aliphatic heterocycles. The number of hydrogen-bond acceptors (Lipinski definition) is 3. The number of rotatable bonds is 5. The Bertz CT molecular complexity index is 291. The first-order chi connectivity index (χ1) is 6.83. The zero-order valence-corrected chi connectivity index (χ0v) is 9.44. The van der Waals surface area contributed by atoms with Crippen molar-refractivity contribution in [3.05, 3.63) is 21.9 Å². The zero-order valence-electron chi connectivity index (χ0n) is 8.62. The van der Waals surface area contributed by atoms with Gasteiger partial charge in [-0.05, 0) is 30.9 Å². The lowest BCUT2D eigenvalue weighted by Gasteiger charge is -2.13. The quantitative estimate of drug-likeness (QED) is 0.579. The van der Waals surface area contributed by atoms with E-state index in [1.807, 2.05) is 11.3 Å². The van der Waals surface area contributed by atoms with Gasteiger partial charge in [-0.1, -0.05) is 19.8 Å². The van der Waals surface area contributed by atoms with E-state index in [1.54, 1.807) is 0 Å². The molecule has 2 nitrogen and oxygen atoms in total. The molecule has 0 radical (unpaired) electrons. The molecule has 2 rings (SSSR count).